The number of aliphatic hydroxyl groups excluding tert-OH is 1. The monoisotopic (exact) mass is 590 g/mol. The largest absolute Gasteiger partial charge is 0.462 e. The summed E-state index contributed by atoms with van der Waals surface area (Å²) in [4.78, 5) is 24.1. The maximum Gasteiger partial charge on any atom is 0.306 e. The molecular weight excluding hydrogens is 528 g/mol. The highest BCUT2D eigenvalue weighted by molar-refractivity contribution is 5.70. The quantitative estimate of drug-likeness (QED) is 0.0424. The summed E-state index contributed by atoms with van der Waals surface area (Å²) in [6.45, 7) is 6.33. The molecule has 1 aliphatic rings. The Balaban J connectivity index is 1.96. The Morgan fingerprint density at radius 1 is 0.786 bits per heavy atom. The van der Waals surface area contributed by atoms with Crippen molar-refractivity contribution in [2.45, 2.75) is 161 Å². The fourth-order valence-corrected chi connectivity index (χ4v) is 4.79. The van der Waals surface area contributed by atoms with E-state index in [4.69, 9.17) is 14.2 Å². The molecule has 1 N–H and O–H groups in total. The van der Waals surface area contributed by atoms with Gasteiger partial charge in [-0.3, -0.25) is 9.59 Å². The van der Waals surface area contributed by atoms with E-state index in [9.17, 15) is 14.7 Å². The van der Waals surface area contributed by atoms with E-state index in [0.29, 0.717) is 31.5 Å². The molecule has 0 aromatic rings. The standard InChI is InChI=1S/C36H62O6/c1-4-6-19-25-33-34(42-33)26-21-16-11-9-7-8-10-12-17-22-27-35(38)40-30-32(29-37)41-36(39)28-23-18-14-13-15-20-24-31(3)5-2/h7,9-10,12,16,21,31-34,37H,4-6,8,11,13-15,17-20,22-30H2,1-3H3/b9-7-,12-10-,21-16-/t31?,32-,33?,34?/m0/s1. The van der Waals surface area contributed by atoms with Crippen LogP contribution in [0.5, 0.6) is 0 Å². The Bertz CT molecular complexity index is 758. The van der Waals surface area contributed by atoms with Crippen molar-refractivity contribution < 1.29 is 28.9 Å². The summed E-state index contributed by atoms with van der Waals surface area (Å²) >= 11 is 0. The van der Waals surface area contributed by atoms with Crippen LogP contribution in [0.3, 0.4) is 0 Å². The van der Waals surface area contributed by atoms with Gasteiger partial charge in [-0.1, -0.05) is 121 Å². The van der Waals surface area contributed by atoms with Crippen LogP contribution in [0.1, 0.15) is 143 Å². The van der Waals surface area contributed by atoms with Crippen molar-refractivity contribution in [1.82, 2.24) is 0 Å². The summed E-state index contributed by atoms with van der Waals surface area (Å²) < 4.78 is 16.2. The minimum Gasteiger partial charge on any atom is -0.462 e. The van der Waals surface area contributed by atoms with Crippen molar-refractivity contribution in [2.24, 2.45) is 5.92 Å². The second kappa shape index (κ2) is 26.7. The summed E-state index contributed by atoms with van der Waals surface area (Å²) in [5, 5.41) is 9.49. The zero-order chi connectivity index (χ0) is 30.7. The molecule has 0 aromatic carbocycles. The smallest absolute Gasteiger partial charge is 0.306 e. The van der Waals surface area contributed by atoms with Crippen molar-refractivity contribution in [3.8, 4) is 0 Å². The van der Waals surface area contributed by atoms with E-state index in [0.717, 1.165) is 50.9 Å². The Kier molecular flexibility index (Phi) is 24.2. The molecule has 0 aromatic heterocycles. The molecule has 242 valence electrons. The van der Waals surface area contributed by atoms with Crippen LogP contribution >= 0.6 is 0 Å². The van der Waals surface area contributed by atoms with Crippen molar-refractivity contribution in [3.63, 3.8) is 0 Å². The average molecular weight is 591 g/mol. The topological polar surface area (TPSA) is 85.4 Å². The molecule has 0 aliphatic carbocycles. The van der Waals surface area contributed by atoms with Crippen LogP contribution in [0, 0.1) is 5.92 Å². The number of carbonyl (C=O) groups excluding carboxylic acids is 2. The Hall–Kier alpha value is -1.92. The fourth-order valence-electron chi connectivity index (χ4n) is 4.79. The number of unbranched alkanes of at least 4 members (excludes halogenated alkanes) is 8. The van der Waals surface area contributed by atoms with Crippen LogP contribution in [0.4, 0.5) is 0 Å². The molecule has 6 nitrogen and oxygen atoms in total. The normalized spacial score (nSPS) is 18.2. The second-order valence-electron chi connectivity index (χ2n) is 11.9. The van der Waals surface area contributed by atoms with Gasteiger partial charge in [0.15, 0.2) is 6.10 Å². The van der Waals surface area contributed by atoms with E-state index in [1.54, 1.807) is 0 Å². The second-order valence-corrected chi connectivity index (χ2v) is 11.9. The first kappa shape index (κ1) is 38.1. The van der Waals surface area contributed by atoms with Crippen molar-refractivity contribution in [1.29, 1.82) is 0 Å². The van der Waals surface area contributed by atoms with Gasteiger partial charge < -0.3 is 19.3 Å². The third-order valence-corrected chi connectivity index (χ3v) is 7.90. The van der Waals surface area contributed by atoms with Gasteiger partial charge in [-0.15, -0.1) is 0 Å². The first-order valence-corrected chi connectivity index (χ1v) is 17.1. The van der Waals surface area contributed by atoms with E-state index >= 15 is 0 Å². The zero-order valence-electron chi connectivity index (χ0n) is 27.1. The highest BCUT2D eigenvalue weighted by Gasteiger charge is 2.36. The molecule has 42 heavy (non-hydrogen) atoms. The van der Waals surface area contributed by atoms with E-state index in [-0.39, 0.29) is 25.2 Å². The van der Waals surface area contributed by atoms with Gasteiger partial charge in [0.25, 0.3) is 0 Å². The maximum absolute atomic E-state index is 12.1. The molecule has 6 heteroatoms. The molecular formula is C36H62O6. The Morgan fingerprint density at radius 2 is 1.45 bits per heavy atom. The molecule has 0 amide bonds. The van der Waals surface area contributed by atoms with Crippen molar-refractivity contribution in [3.05, 3.63) is 36.5 Å². The van der Waals surface area contributed by atoms with E-state index < -0.39 is 6.10 Å². The predicted molar refractivity (Wildman–Crippen MR) is 172 cm³/mol. The summed E-state index contributed by atoms with van der Waals surface area (Å²) in [7, 11) is 0. The summed E-state index contributed by atoms with van der Waals surface area (Å²) in [5.41, 5.74) is 0. The average Bonchev–Trinajstić information content (AvgIpc) is 3.74. The lowest BCUT2D eigenvalue weighted by atomic mass is 10.00. The van der Waals surface area contributed by atoms with Crippen LogP contribution < -0.4 is 0 Å². The molecule has 4 atom stereocenters. The predicted octanol–water partition coefficient (Wildman–Crippen LogP) is 8.96. The molecule has 0 bridgehead atoms. The minimum atomic E-state index is -0.793. The van der Waals surface area contributed by atoms with Gasteiger partial charge in [0.05, 0.1) is 18.8 Å². The van der Waals surface area contributed by atoms with Gasteiger partial charge in [-0.25, -0.2) is 0 Å². The summed E-state index contributed by atoms with van der Waals surface area (Å²) in [6, 6.07) is 0. The van der Waals surface area contributed by atoms with Crippen molar-refractivity contribution in [2.75, 3.05) is 13.2 Å². The number of hydrogen-bond acceptors (Lipinski definition) is 6. The Morgan fingerprint density at radius 3 is 2.17 bits per heavy atom. The summed E-state index contributed by atoms with van der Waals surface area (Å²) in [6.07, 6.45) is 32.4. The molecule has 1 rings (SSSR count). The van der Waals surface area contributed by atoms with Crippen LogP contribution in [0.15, 0.2) is 36.5 Å². The van der Waals surface area contributed by atoms with Gasteiger partial charge in [-0.05, 0) is 50.9 Å². The van der Waals surface area contributed by atoms with Gasteiger partial charge >= 0.3 is 11.9 Å². The van der Waals surface area contributed by atoms with E-state index in [1.807, 2.05) is 0 Å². The number of ether oxygens (including phenoxy) is 3. The summed E-state index contributed by atoms with van der Waals surface area (Å²) in [5.74, 6) is 0.149. The van der Waals surface area contributed by atoms with Crippen LogP contribution in [0.2, 0.25) is 0 Å². The van der Waals surface area contributed by atoms with Crippen LogP contribution in [0.25, 0.3) is 0 Å². The van der Waals surface area contributed by atoms with Crippen LogP contribution in [-0.4, -0.2) is 48.6 Å². The van der Waals surface area contributed by atoms with Crippen molar-refractivity contribution >= 4 is 11.9 Å². The number of epoxide rings is 1. The highest BCUT2D eigenvalue weighted by Crippen LogP contribution is 2.30. The van der Waals surface area contributed by atoms with Gasteiger partial charge in [0.1, 0.15) is 6.61 Å². The molecule has 3 unspecified atom stereocenters. The number of aliphatic hydroxyl groups is 1. The lowest BCUT2D eigenvalue weighted by Gasteiger charge is -2.15. The van der Waals surface area contributed by atoms with Gasteiger partial charge in [-0.2, -0.15) is 0 Å². The lowest BCUT2D eigenvalue weighted by molar-refractivity contribution is -0.161. The number of esters is 2. The zero-order valence-corrected chi connectivity index (χ0v) is 27.1. The first-order chi connectivity index (χ1) is 20.5. The van der Waals surface area contributed by atoms with Crippen LogP contribution in [-0.2, 0) is 23.8 Å². The van der Waals surface area contributed by atoms with E-state index in [2.05, 4.69) is 57.2 Å². The first-order valence-electron chi connectivity index (χ1n) is 17.1. The highest BCUT2D eigenvalue weighted by atomic mass is 16.6. The number of hydrogen-bond donors (Lipinski definition) is 1. The molecule has 1 fully saturated rings. The van der Waals surface area contributed by atoms with Gasteiger partial charge in [0.2, 0.25) is 0 Å². The lowest BCUT2D eigenvalue weighted by Crippen LogP contribution is -2.28. The number of allylic oxidation sites excluding steroid dienone is 5. The molecule has 1 saturated heterocycles. The molecule has 0 radical (unpaired) electrons. The molecule has 1 heterocycles. The molecule has 0 spiro atoms. The number of carbonyl (C=O) groups is 2. The number of rotatable bonds is 28. The fraction of sp³-hybridized carbons (Fsp3) is 0.778. The maximum atomic E-state index is 12.1. The third-order valence-electron chi connectivity index (χ3n) is 7.90. The third kappa shape index (κ3) is 22.6. The van der Waals surface area contributed by atoms with E-state index in [1.165, 1.54) is 57.8 Å². The molecule has 1 aliphatic heterocycles. The minimum absolute atomic E-state index is 0.0977. The van der Waals surface area contributed by atoms with Gasteiger partial charge in [0, 0.05) is 12.8 Å². The molecule has 0 saturated carbocycles. The Labute approximate surface area is 257 Å². The SMILES string of the molecule is CCCCCC1OC1C/C=C\C/C=C\C/C=C\CCCC(=O)OC[C@H](CO)OC(=O)CCCCCCCCC(C)CC.